The molecule has 1 radical (unpaired) electrons. The molecule has 0 saturated carbocycles. The van der Waals surface area contributed by atoms with Gasteiger partial charge >= 0.3 is 0 Å². The Morgan fingerprint density at radius 1 is 0.714 bits per heavy atom. The van der Waals surface area contributed by atoms with Crippen LogP contribution in [0.1, 0.15) is 30.9 Å². The van der Waals surface area contributed by atoms with E-state index >= 15 is 0 Å². The predicted molar refractivity (Wildman–Crippen MR) is 90.0 cm³/mol. The van der Waals surface area contributed by atoms with Crippen LogP contribution < -0.4 is 0 Å². The topological polar surface area (TPSA) is 0 Å². The van der Waals surface area contributed by atoms with Crippen LogP contribution >= 0.6 is 0 Å². The molecule has 1 aliphatic rings. The first-order valence-electron chi connectivity index (χ1n) is 7.62. The fourth-order valence-electron chi connectivity index (χ4n) is 3.08. The molecule has 0 heterocycles. The third-order valence-electron chi connectivity index (χ3n) is 4.08. The zero-order valence-electron chi connectivity index (χ0n) is 12.7. The second kappa shape index (κ2) is 6.13. The summed E-state index contributed by atoms with van der Waals surface area (Å²) in [5.41, 5.74) is 4.17. The number of allylic oxidation sites excluding steroid dienone is 4. The van der Waals surface area contributed by atoms with Crippen LogP contribution in [0.15, 0.2) is 84.5 Å². The Morgan fingerprint density at radius 2 is 1.24 bits per heavy atom. The van der Waals surface area contributed by atoms with Crippen molar-refractivity contribution in [3.05, 3.63) is 102 Å². The molecule has 1 aliphatic carbocycles. The molecule has 0 bridgehead atoms. The molecule has 0 aliphatic heterocycles. The Bertz CT molecular complexity index is 593. The molecular weight excluding hydrogens is 252 g/mol. The van der Waals surface area contributed by atoms with Crippen molar-refractivity contribution in [1.29, 1.82) is 0 Å². The molecule has 0 atom stereocenters. The Morgan fingerprint density at radius 3 is 1.71 bits per heavy atom. The van der Waals surface area contributed by atoms with Crippen molar-refractivity contribution >= 4 is 0 Å². The predicted octanol–water partition coefficient (Wildman–Crippen LogP) is 5.55. The minimum absolute atomic E-state index is 0.319. The van der Waals surface area contributed by atoms with E-state index in [0.29, 0.717) is 11.8 Å². The number of rotatable bonds is 4. The van der Waals surface area contributed by atoms with E-state index < -0.39 is 0 Å². The van der Waals surface area contributed by atoms with Gasteiger partial charge in [-0.3, -0.25) is 0 Å². The molecule has 0 N–H and O–H groups in total. The molecule has 0 fully saturated rings. The maximum atomic E-state index is 2.28. The van der Waals surface area contributed by atoms with Crippen LogP contribution in [0, 0.1) is 11.8 Å². The summed E-state index contributed by atoms with van der Waals surface area (Å²) in [5, 5.41) is 0. The normalized spacial score (nSPS) is 15.0. The standard InChI is InChI=1S/C21H21/c1-16(2)19-14-9-15-20(19)21(17-10-5-3-6-11-17)18-12-7-4-8-13-18/h3-16,21H,1-2H3. The third kappa shape index (κ3) is 2.85. The van der Waals surface area contributed by atoms with Crippen molar-refractivity contribution < 1.29 is 0 Å². The van der Waals surface area contributed by atoms with E-state index in [4.69, 9.17) is 0 Å². The van der Waals surface area contributed by atoms with Crippen LogP contribution in [0.3, 0.4) is 0 Å². The highest BCUT2D eigenvalue weighted by atomic mass is 14.3. The largest absolute Gasteiger partial charge is 0.0721 e. The summed E-state index contributed by atoms with van der Waals surface area (Å²) in [4.78, 5) is 0. The Labute approximate surface area is 127 Å². The van der Waals surface area contributed by atoms with Gasteiger partial charge in [-0.15, -0.1) is 0 Å². The number of benzene rings is 2. The molecule has 0 amide bonds. The molecular formula is C21H21. The smallest absolute Gasteiger partial charge is 0.0346 e. The molecule has 0 nitrogen and oxygen atoms in total. The minimum Gasteiger partial charge on any atom is -0.0721 e. The van der Waals surface area contributed by atoms with E-state index in [2.05, 4.69) is 92.7 Å². The average Bonchev–Trinajstić information content (AvgIpc) is 2.99. The zero-order valence-corrected chi connectivity index (χ0v) is 12.7. The fraction of sp³-hybridized carbons (Fsp3) is 0.190. The lowest BCUT2D eigenvalue weighted by molar-refractivity contribution is 0.725. The van der Waals surface area contributed by atoms with E-state index in [1.807, 2.05) is 0 Å². The van der Waals surface area contributed by atoms with Gasteiger partial charge in [0.1, 0.15) is 0 Å². The Balaban J connectivity index is 2.06. The van der Waals surface area contributed by atoms with Gasteiger partial charge in [0.25, 0.3) is 0 Å². The van der Waals surface area contributed by atoms with Crippen LogP contribution in [0.5, 0.6) is 0 Å². The lowest BCUT2D eigenvalue weighted by atomic mass is 9.76. The average molecular weight is 273 g/mol. The lowest BCUT2D eigenvalue weighted by Crippen LogP contribution is -2.14. The van der Waals surface area contributed by atoms with Crippen LogP contribution in [0.25, 0.3) is 0 Å². The molecule has 105 valence electrons. The lowest BCUT2D eigenvalue weighted by Gasteiger charge is -2.27. The number of hydrogen-bond acceptors (Lipinski definition) is 0. The number of hydrogen-bond donors (Lipinski definition) is 0. The van der Waals surface area contributed by atoms with Gasteiger partial charge in [-0.25, -0.2) is 0 Å². The maximum Gasteiger partial charge on any atom is 0.0346 e. The van der Waals surface area contributed by atoms with Crippen molar-refractivity contribution in [2.24, 2.45) is 5.92 Å². The van der Waals surface area contributed by atoms with Gasteiger partial charge in [-0.2, -0.15) is 0 Å². The van der Waals surface area contributed by atoms with Gasteiger partial charge < -0.3 is 0 Å². The van der Waals surface area contributed by atoms with E-state index in [9.17, 15) is 0 Å². The quantitative estimate of drug-likeness (QED) is 0.685. The third-order valence-corrected chi connectivity index (χ3v) is 4.08. The summed E-state index contributed by atoms with van der Waals surface area (Å²) in [6, 6.07) is 21.6. The van der Waals surface area contributed by atoms with Crippen molar-refractivity contribution in [3.8, 4) is 0 Å². The van der Waals surface area contributed by atoms with E-state index in [0.717, 1.165) is 0 Å². The monoisotopic (exact) mass is 273 g/mol. The minimum atomic E-state index is 0.319. The summed E-state index contributed by atoms with van der Waals surface area (Å²) >= 11 is 0. The molecule has 3 rings (SSSR count). The van der Waals surface area contributed by atoms with Crippen molar-refractivity contribution in [2.45, 2.75) is 19.8 Å². The van der Waals surface area contributed by atoms with E-state index in [1.165, 1.54) is 22.6 Å². The van der Waals surface area contributed by atoms with Gasteiger partial charge in [-0.05, 0) is 17.0 Å². The van der Waals surface area contributed by atoms with Crippen LogP contribution in [0.2, 0.25) is 0 Å². The molecule has 0 unspecified atom stereocenters. The molecule has 2 aromatic carbocycles. The SMILES string of the molecule is CC(C)C1=CC=C[C]1C(c1ccccc1)c1ccccc1. The second-order valence-corrected chi connectivity index (χ2v) is 5.85. The van der Waals surface area contributed by atoms with Gasteiger partial charge in [0, 0.05) is 11.8 Å². The Hall–Kier alpha value is -2.08. The van der Waals surface area contributed by atoms with Gasteiger partial charge in [0.05, 0.1) is 0 Å². The molecule has 0 saturated heterocycles. The summed E-state index contributed by atoms with van der Waals surface area (Å²) in [6.45, 7) is 4.54. The first-order chi connectivity index (χ1) is 10.3. The second-order valence-electron chi connectivity index (χ2n) is 5.85. The molecule has 2 aromatic rings. The zero-order chi connectivity index (χ0) is 14.7. The fourth-order valence-corrected chi connectivity index (χ4v) is 3.08. The molecule has 0 aromatic heterocycles. The summed E-state index contributed by atoms with van der Waals surface area (Å²) in [5.74, 6) is 2.30. The van der Waals surface area contributed by atoms with Gasteiger partial charge in [0.2, 0.25) is 0 Å². The first-order valence-corrected chi connectivity index (χ1v) is 7.62. The first kappa shape index (κ1) is 13.9. The summed E-state index contributed by atoms with van der Waals surface area (Å²) in [7, 11) is 0. The van der Waals surface area contributed by atoms with Crippen molar-refractivity contribution in [1.82, 2.24) is 0 Å². The van der Waals surface area contributed by atoms with E-state index in [1.54, 1.807) is 0 Å². The molecule has 21 heavy (non-hydrogen) atoms. The highest BCUT2D eigenvalue weighted by molar-refractivity contribution is 5.54. The summed E-state index contributed by atoms with van der Waals surface area (Å²) in [6.07, 6.45) is 6.72. The van der Waals surface area contributed by atoms with E-state index in [-0.39, 0.29) is 0 Å². The van der Waals surface area contributed by atoms with Gasteiger partial charge in [0.15, 0.2) is 0 Å². The van der Waals surface area contributed by atoms with Crippen LogP contribution in [0.4, 0.5) is 0 Å². The van der Waals surface area contributed by atoms with Crippen LogP contribution in [-0.2, 0) is 0 Å². The summed E-state index contributed by atoms with van der Waals surface area (Å²) < 4.78 is 0. The maximum absolute atomic E-state index is 2.28. The Kier molecular flexibility index (Phi) is 4.06. The van der Waals surface area contributed by atoms with Crippen molar-refractivity contribution in [3.63, 3.8) is 0 Å². The molecule has 0 heteroatoms. The van der Waals surface area contributed by atoms with Crippen molar-refractivity contribution in [2.75, 3.05) is 0 Å². The molecule has 0 spiro atoms. The highest BCUT2D eigenvalue weighted by Gasteiger charge is 2.29. The van der Waals surface area contributed by atoms with Gasteiger partial charge in [-0.1, -0.05) is 98.3 Å². The van der Waals surface area contributed by atoms with Crippen LogP contribution in [-0.4, -0.2) is 0 Å². The highest BCUT2D eigenvalue weighted by Crippen LogP contribution is 2.43.